The summed E-state index contributed by atoms with van der Waals surface area (Å²) in [7, 11) is -1.39. The van der Waals surface area contributed by atoms with E-state index in [9.17, 15) is 13.2 Å². The minimum Gasteiger partial charge on any atom is -0.500 e. The molecule has 0 heterocycles. The zero-order valence-electron chi connectivity index (χ0n) is 19.2. The standard InChI is InChI=1S/C24H36O5S/c1-8-24(4,5)17-21(25)23(18(2)3)22(28-6)16-19-10-12-20(13-11-19)29-14-9-15-30(7,26)27/h10-13H,2,8-9,14-17H2,1,3-7H3/b23-22+. The highest BCUT2D eigenvalue weighted by molar-refractivity contribution is 7.90. The highest BCUT2D eigenvalue weighted by Crippen LogP contribution is 2.29. The van der Waals surface area contributed by atoms with Crippen LogP contribution >= 0.6 is 0 Å². The lowest BCUT2D eigenvalue weighted by Crippen LogP contribution is -2.19. The summed E-state index contributed by atoms with van der Waals surface area (Å²) in [6.45, 7) is 12.4. The third kappa shape index (κ3) is 9.16. The number of carbonyl (C=O) groups excluding carboxylic acids is 1. The molecule has 0 atom stereocenters. The second-order valence-corrected chi connectivity index (χ2v) is 10.8. The number of allylic oxidation sites excluding steroid dienone is 3. The van der Waals surface area contributed by atoms with Crippen molar-refractivity contribution in [1.29, 1.82) is 0 Å². The Kier molecular flexibility index (Phi) is 9.82. The van der Waals surface area contributed by atoms with Gasteiger partial charge in [-0.3, -0.25) is 4.79 Å². The van der Waals surface area contributed by atoms with Gasteiger partial charge >= 0.3 is 0 Å². The lowest BCUT2D eigenvalue weighted by molar-refractivity contribution is -0.117. The molecule has 0 amide bonds. The number of sulfone groups is 1. The Morgan fingerprint density at radius 3 is 2.23 bits per heavy atom. The molecule has 1 aromatic rings. The Balaban J connectivity index is 2.90. The van der Waals surface area contributed by atoms with Gasteiger partial charge in [-0.15, -0.1) is 0 Å². The molecule has 1 rings (SSSR count). The van der Waals surface area contributed by atoms with Crippen molar-refractivity contribution >= 4 is 15.6 Å². The first-order valence-corrected chi connectivity index (χ1v) is 12.3. The Hall–Kier alpha value is -2.08. The molecule has 1 aromatic carbocycles. The van der Waals surface area contributed by atoms with Crippen LogP contribution in [0.4, 0.5) is 0 Å². The average molecular weight is 437 g/mol. The van der Waals surface area contributed by atoms with Gasteiger partial charge in [0.25, 0.3) is 0 Å². The molecular weight excluding hydrogens is 400 g/mol. The van der Waals surface area contributed by atoms with E-state index in [4.69, 9.17) is 9.47 Å². The topological polar surface area (TPSA) is 69.7 Å². The summed E-state index contributed by atoms with van der Waals surface area (Å²) in [5, 5.41) is 0. The average Bonchev–Trinajstić information content (AvgIpc) is 2.64. The van der Waals surface area contributed by atoms with Crippen molar-refractivity contribution in [3.05, 3.63) is 53.3 Å². The molecule has 0 aliphatic carbocycles. The molecule has 0 aliphatic rings. The van der Waals surface area contributed by atoms with E-state index in [1.165, 1.54) is 6.26 Å². The molecule has 0 radical (unpaired) electrons. The number of ether oxygens (including phenoxy) is 2. The van der Waals surface area contributed by atoms with Gasteiger partial charge in [0.05, 0.1) is 25.0 Å². The van der Waals surface area contributed by atoms with Gasteiger partial charge < -0.3 is 9.47 Å². The molecule has 0 unspecified atom stereocenters. The van der Waals surface area contributed by atoms with Gasteiger partial charge in [-0.1, -0.05) is 45.9 Å². The van der Waals surface area contributed by atoms with E-state index >= 15 is 0 Å². The minimum atomic E-state index is -2.97. The van der Waals surface area contributed by atoms with Crippen LogP contribution < -0.4 is 4.74 Å². The smallest absolute Gasteiger partial charge is 0.167 e. The molecule has 0 spiro atoms. The highest BCUT2D eigenvalue weighted by Gasteiger charge is 2.25. The van der Waals surface area contributed by atoms with Crippen LogP contribution in [-0.2, 0) is 25.8 Å². The van der Waals surface area contributed by atoms with Crippen LogP contribution in [0.1, 0.15) is 52.5 Å². The number of Topliss-reactive ketones (excluding diaryl/α,β-unsaturated/α-hetero) is 1. The van der Waals surface area contributed by atoms with Crippen LogP contribution in [0.2, 0.25) is 0 Å². The van der Waals surface area contributed by atoms with Crippen LogP contribution in [0, 0.1) is 5.41 Å². The van der Waals surface area contributed by atoms with E-state index in [0.717, 1.165) is 12.0 Å². The quantitative estimate of drug-likeness (QED) is 0.190. The zero-order chi connectivity index (χ0) is 22.9. The zero-order valence-corrected chi connectivity index (χ0v) is 20.0. The summed E-state index contributed by atoms with van der Waals surface area (Å²) in [4.78, 5) is 13.0. The second kappa shape index (κ2) is 11.3. The first kappa shape index (κ1) is 26.0. The van der Waals surface area contributed by atoms with E-state index in [-0.39, 0.29) is 17.0 Å². The molecular formula is C24H36O5S. The maximum atomic E-state index is 13.0. The van der Waals surface area contributed by atoms with E-state index in [2.05, 4.69) is 27.4 Å². The van der Waals surface area contributed by atoms with E-state index in [0.29, 0.717) is 48.5 Å². The first-order chi connectivity index (χ1) is 13.9. The van der Waals surface area contributed by atoms with Crippen molar-refractivity contribution in [3.63, 3.8) is 0 Å². The fraction of sp³-hybridized carbons (Fsp3) is 0.542. The number of carbonyl (C=O) groups is 1. The molecule has 6 heteroatoms. The number of ketones is 1. The second-order valence-electron chi connectivity index (χ2n) is 8.55. The molecule has 168 valence electrons. The van der Waals surface area contributed by atoms with Gasteiger partial charge in [0.15, 0.2) is 5.78 Å². The maximum Gasteiger partial charge on any atom is 0.167 e. The van der Waals surface area contributed by atoms with Crippen LogP contribution in [0.25, 0.3) is 0 Å². The number of hydrogen-bond donors (Lipinski definition) is 0. The molecule has 30 heavy (non-hydrogen) atoms. The summed E-state index contributed by atoms with van der Waals surface area (Å²) in [5.74, 6) is 1.45. The molecule has 0 aliphatic heterocycles. The van der Waals surface area contributed by atoms with Gasteiger partial charge in [-0.05, 0) is 42.0 Å². The van der Waals surface area contributed by atoms with Crippen molar-refractivity contribution in [2.45, 2.75) is 53.4 Å². The summed E-state index contributed by atoms with van der Waals surface area (Å²) in [6.07, 6.45) is 3.51. The highest BCUT2D eigenvalue weighted by atomic mass is 32.2. The maximum absolute atomic E-state index is 13.0. The Labute approximate surface area is 182 Å². The van der Waals surface area contributed by atoms with Crippen molar-refractivity contribution in [2.24, 2.45) is 5.41 Å². The van der Waals surface area contributed by atoms with Crippen molar-refractivity contribution in [2.75, 3.05) is 25.7 Å². The fourth-order valence-corrected chi connectivity index (χ4v) is 3.58. The van der Waals surface area contributed by atoms with E-state index in [1.807, 2.05) is 31.2 Å². The molecule has 0 saturated carbocycles. The lowest BCUT2D eigenvalue weighted by atomic mass is 9.82. The van der Waals surface area contributed by atoms with Gasteiger partial charge in [-0.25, -0.2) is 8.42 Å². The summed E-state index contributed by atoms with van der Waals surface area (Å²) >= 11 is 0. The molecule has 0 N–H and O–H groups in total. The van der Waals surface area contributed by atoms with Crippen LogP contribution in [0.3, 0.4) is 0 Å². The molecule has 0 bridgehead atoms. The summed E-state index contributed by atoms with van der Waals surface area (Å²) in [6, 6.07) is 7.51. The number of rotatable bonds is 13. The van der Waals surface area contributed by atoms with Gasteiger partial charge in [-0.2, -0.15) is 0 Å². The predicted molar refractivity (Wildman–Crippen MR) is 123 cm³/mol. The SMILES string of the molecule is C=C(C)/C(C(=O)CC(C)(C)CC)=C(/Cc1ccc(OCCCS(C)(=O)=O)cc1)OC. The predicted octanol–water partition coefficient (Wildman–Crippen LogP) is 4.91. The minimum absolute atomic E-state index is 0.0528. The normalized spacial score (nSPS) is 12.9. The van der Waals surface area contributed by atoms with Gasteiger partial charge in [0, 0.05) is 19.1 Å². The Morgan fingerprint density at radius 1 is 1.17 bits per heavy atom. The largest absolute Gasteiger partial charge is 0.500 e. The van der Waals surface area contributed by atoms with Crippen LogP contribution in [-0.4, -0.2) is 39.9 Å². The van der Waals surface area contributed by atoms with Crippen molar-refractivity contribution < 1.29 is 22.7 Å². The summed E-state index contributed by atoms with van der Waals surface area (Å²) < 4.78 is 33.5. The molecule has 0 fully saturated rings. The molecule has 0 saturated heterocycles. The van der Waals surface area contributed by atoms with Crippen molar-refractivity contribution in [3.8, 4) is 5.75 Å². The van der Waals surface area contributed by atoms with Crippen LogP contribution in [0.5, 0.6) is 5.75 Å². The van der Waals surface area contributed by atoms with Gasteiger partial charge in [0.2, 0.25) is 0 Å². The monoisotopic (exact) mass is 436 g/mol. The van der Waals surface area contributed by atoms with Gasteiger partial charge in [0.1, 0.15) is 21.3 Å². The summed E-state index contributed by atoms with van der Waals surface area (Å²) in [5.41, 5.74) is 2.18. The van der Waals surface area contributed by atoms with E-state index < -0.39 is 9.84 Å². The molecule has 5 nitrogen and oxygen atoms in total. The number of benzene rings is 1. The number of hydrogen-bond acceptors (Lipinski definition) is 5. The number of methoxy groups -OCH3 is 1. The lowest BCUT2D eigenvalue weighted by Gasteiger charge is -2.23. The third-order valence-corrected chi connectivity index (χ3v) is 6.07. The fourth-order valence-electron chi connectivity index (χ4n) is 2.94. The van der Waals surface area contributed by atoms with Crippen molar-refractivity contribution in [1.82, 2.24) is 0 Å². The third-order valence-electron chi connectivity index (χ3n) is 5.04. The van der Waals surface area contributed by atoms with Crippen LogP contribution in [0.15, 0.2) is 47.7 Å². The molecule has 0 aromatic heterocycles. The Bertz CT molecular complexity index is 861. The Morgan fingerprint density at radius 2 is 1.77 bits per heavy atom. The first-order valence-electron chi connectivity index (χ1n) is 10.2. The van der Waals surface area contributed by atoms with E-state index in [1.54, 1.807) is 7.11 Å².